The second kappa shape index (κ2) is 7.28. The maximum absolute atomic E-state index is 6.58. The summed E-state index contributed by atoms with van der Waals surface area (Å²) in [6, 6.07) is 7.94. The monoisotopic (exact) mass is 371 g/mol. The van der Waals surface area contributed by atoms with Crippen molar-refractivity contribution >= 4 is 29.2 Å². The minimum Gasteiger partial charge on any atom is -0.481 e. The van der Waals surface area contributed by atoms with E-state index in [9.17, 15) is 0 Å². The van der Waals surface area contributed by atoms with Crippen LogP contribution in [-0.4, -0.2) is 30.4 Å². The average molecular weight is 372 g/mol. The Morgan fingerprint density at radius 2 is 2.15 bits per heavy atom. The molecule has 5 heteroatoms. The molecule has 0 amide bonds. The van der Waals surface area contributed by atoms with Crippen molar-refractivity contribution in [1.29, 1.82) is 0 Å². The quantitative estimate of drug-likeness (QED) is 0.656. The molecular weight excluding hydrogens is 346 g/mol. The first kappa shape index (κ1) is 18.7. The molecule has 1 aliphatic rings. The van der Waals surface area contributed by atoms with E-state index in [1.165, 1.54) is 11.3 Å². The van der Waals surface area contributed by atoms with E-state index in [0.29, 0.717) is 11.8 Å². The third-order valence-corrected chi connectivity index (χ3v) is 5.43. The highest BCUT2D eigenvalue weighted by Crippen LogP contribution is 2.44. The van der Waals surface area contributed by atoms with Gasteiger partial charge in [0.2, 0.25) is 5.88 Å². The number of methoxy groups -OCH3 is 1. The summed E-state index contributed by atoms with van der Waals surface area (Å²) in [5.74, 6) is 1.06. The molecule has 3 rings (SSSR count). The maximum atomic E-state index is 6.58. The number of pyridine rings is 1. The molecule has 2 aromatic rings. The van der Waals surface area contributed by atoms with Gasteiger partial charge in [-0.05, 0) is 56.9 Å². The SMILES string of the molecule is CCN1c2cc(Cl)c(C=Nc3ccc(OC)nc3)cc2C(C)CC1(C)C. The summed E-state index contributed by atoms with van der Waals surface area (Å²) in [5, 5.41) is 0.720. The second-order valence-corrected chi connectivity index (χ2v) is 7.82. The van der Waals surface area contributed by atoms with Gasteiger partial charge in [0, 0.05) is 35.6 Å². The molecule has 26 heavy (non-hydrogen) atoms. The van der Waals surface area contributed by atoms with Gasteiger partial charge in [0.15, 0.2) is 0 Å². The maximum Gasteiger partial charge on any atom is 0.213 e. The van der Waals surface area contributed by atoms with Crippen molar-refractivity contribution in [3.05, 3.63) is 46.6 Å². The summed E-state index contributed by atoms with van der Waals surface area (Å²) in [5.41, 5.74) is 4.41. The third-order valence-electron chi connectivity index (χ3n) is 5.10. The Morgan fingerprint density at radius 3 is 2.77 bits per heavy atom. The number of aliphatic imine (C=N–C) groups is 1. The molecule has 1 aliphatic heterocycles. The van der Waals surface area contributed by atoms with Crippen LogP contribution in [0, 0.1) is 0 Å². The normalized spacial score (nSPS) is 18.8. The van der Waals surface area contributed by atoms with Crippen LogP contribution >= 0.6 is 11.6 Å². The van der Waals surface area contributed by atoms with Crippen LogP contribution in [0.4, 0.5) is 11.4 Å². The molecule has 0 N–H and O–H groups in total. The molecule has 4 nitrogen and oxygen atoms in total. The third kappa shape index (κ3) is 3.56. The number of aromatic nitrogens is 1. The number of benzene rings is 1. The fraction of sp³-hybridized carbons (Fsp3) is 0.429. The number of rotatable bonds is 4. The van der Waals surface area contributed by atoms with E-state index in [4.69, 9.17) is 16.3 Å². The first-order valence-electron chi connectivity index (χ1n) is 9.01. The van der Waals surface area contributed by atoms with Crippen molar-refractivity contribution in [3.63, 3.8) is 0 Å². The summed E-state index contributed by atoms with van der Waals surface area (Å²) in [6.07, 6.45) is 4.62. The van der Waals surface area contributed by atoms with Crippen LogP contribution in [-0.2, 0) is 0 Å². The summed E-state index contributed by atoms with van der Waals surface area (Å²) >= 11 is 6.58. The van der Waals surface area contributed by atoms with Gasteiger partial charge in [-0.15, -0.1) is 0 Å². The molecule has 0 saturated heterocycles. The Bertz CT molecular complexity index is 815. The van der Waals surface area contributed by atoms with E-state index in [2.05, 4.69) is 54.7 Å². The highest BCUT2D eigenvalue weighted by atomic mass is 35.5. The van der Waals surface area contributed by atoms with Crippen molar-refractivity contribution in [2.45, 2.75) is 45.6 Å². The van der Waals surface area contributed by atoms with Crippen LogP contribution in [0.1, 0.15) is 51.2 Å². The standard InChI is InChI=1S/C21H26ClN3O/c1-6-25-19-10-18(22)15(9-17(19)14(2)11-21(25,3)4)12-23-16-7-8-20(26-5)24-13-16/h7-10,12-14H,6,11H2,1-5H3. The Labute approximate surface area is 160 Å². The summed E-state index contributed by atoms with van der Waals surface area (Å²) < 4.78 is 5.07. The van der Waals surface area contributed by atoms with Gasteiger partial charge in [0.1, 0.15) is 0 Å². The minimum absolute atomic E-state index is 0.134. The lowest BCUT2D eigenvalue weighted by Gasteiger charge is -2.47. The van der Waals surface area contributed by atoms with E-state index in [-0.39, 0.29) is 5.54 Å². The minimum atomic E-state index is 0.134. The van der Waals surface area contributed by atoms with E-state index in [1.54, 1.807) is 19.4 Å². The number of halogens is 1. The lowest BCUT2D eigenvalue weighted by atomic mass is 9.79. The zero-order chi connectivity index (χ0) is 18.9. The van der Waals surface area contributed by atoms with Gasteiger partial charge in [-0.3, -0.25) is 4.99 Å². The van der Waals surface area contributed by atoms with Gasteiger partial charge in [-0.1, -0.05) is 18.5 Å². The smallest absolute Gasteiger partial charge is 0.213 e. The number of hydrogen-bond acceptors (Lipinski definition) is 4. The van der Waals surface area contributed by atoms with Crippen LogP contribution in [0.25, 0.3) is 0 Å². The lowest BCUT2D eigenvalue weighted by Crippen LogP contribution is -2.48. The molecule has 2 heterocycles. The number of hydrogen-bond donors (Lipinski definition) is 0. The van der Waals surface area contributed by atoms with Crippen molar-refractivity contribution in [2.75, 3.05) is 18.6 Å². The number of nitrogens with zero attached hydrogens (tertiary/aromatic N) is 3. The number of ether oxygens (including phenoxy) is 1. The van der Waals surface area contributed by atoms with Gasteiger partial charge in [-0.25, -0.2) is 4.98 Å². The van der Waals surface area contributed by atoms with Gasteiger partial charge in [0.25, 0.3) is 0 Å². The van der Waals surface area contributed by atoms with Crippen molar-refractivity contribution in [1.82, 2.24) is 4.98 Å². The second-order valence-electron chi connectivity index (χ2n) is 7.41. The number of anilines is 1. The van der Waals surface area contributed by atoms with Crippen molar-refractivity contribution < 1.29 is 4.74 Å². The fourth-order valence-electron chi connectivity index (χ4n) is 3.93. The largest absolute Gasteiger partial charge is 0.481 e. The molecule has 0 spiro atoms. The molecule has 0 fully saturated rings. The van der Waals surface area contributed by atoms with Crippen molar-refractivity contribution in [3.8, 4) is 5.88 Å². The summed E-state index contributed by atoms with van der Waals surface area (Å²) in [7, 11) is 1.60. The zero-order valence-electron chi connectivity index (χ0n) is 16.1. The van der Waals surface area contributed by atoms with E-state index < -0.39 is 0 Å². The first-order chi connectivity index (χ1) is 12.4. The molecule has 1 atom stereocenters. The van der Waals surface area contributed by atoms with Crippen LogP contribution < -0.4 is 9.64 Å². The van der Waals surface area contributed by atoms with Crippen molar-refractivity contribution in [2.24, 2.45) is 4.99 Å². The summed E-state index contributed by atoms with van der Waals surface area (Å²) in [4.78, 5) is 11.1. The molecule has 1 unspecified atom stereocenters. The Kier molecular flexibility index (Phi) is 5.24. The zero-order valence-corrected chi connectivity index (χ0v) is 16.8. The van der Waals surface area contributed by atoms with E-state index in [0.717, 1.165) is 29.2 Å². The molecule has 0 saturated carbocycles. The molecule has 0 aliphatic carbocycles. The molecular formula is C21H26ClN3O. The summed E-state index contributed by atoms with van der Waals surface area (Å²) in [6.45, 7) is 10.1. The highest BCUT2D eigenvalue weighted by Gasteiger charge is 2.35. The predicted molar refractivity (Wildman–Crippen MR) is 110 cm³/mol. The van der Waals surface area contributed by atoms with Crippen LogP contribution in [0.3, 0.4) is 0 Å². The Balaban J connectivity index is 1.95. The fourth-order valence-corrected chi connectivity index (χ4v) is 4.14. The number of fused-ring (bicyclic) bond motifs is 1. The molecule has 0 radical (unpaired) electrons. The first-order valence-corrected chi connectivity index (χ1v) is 9.38. The predicted octanol–water partition coefficient (Wildman–Crippen LogP) is 5.61. The molecule has 0 bridgehead atoms. The average Bonchev–Trinajstić information content (AvgIpc) is 2.60. The van der Waals surface area contributed by atoms with E-state index >= 15 is 0 Å². The topological polar surface area (TPSA) is 37.7 Å². The molecule has 138 valence electrons. The Morgan fingerprint density at radius 1 is 1.38 bits per heavy atom. The van der Waals surface area contributed by atoms with Gasteiger partial charge < -0.3 is 9.64 Å². The van der Waals surface area contributed by atoms with Crippen LogP contribution in [0.15, 0.2) is 35.5 Å². The lowest BCUT2D eigenvalue weighted by molar-refractivity contribution is 0.381. The molecule has 1 aromatic heterocycles. The van der Waals surface area contributed by atoms with Gasteiger partial charge in [-0.2, -0.15) is 0 Å². The van der Waals surface area contributed by atoms with E-state index in [1.807, 2.05) is 12.3 Å². The van der Waals surface area contributed by atoms with Crippen LogP contribution in [0.5, 0.6) is 5.88 Å². The van der Waals surface area contributed by atoms with Gasteiger partial charge in [0.05, 0.1) is 24.0 Å². The molecule has 1 aromatic carbocycles. The highest BCUT2D eigenvalue weighted by molar-refractivity contribution is 6.33. The van der Waals surface area contributed by atoms with Gasteiger partial charge >= 0.3 is 0 Å². The van der Waals surface area contributed by atoms with Crippen LogP contribution in [0.2, 0.25) is 5.02 Å². The Hall–Kier alpha value is -2.07.